The first-order valence-corrected chi connectivity index (χ1v) is 9.23. The lowest BCUT2D eigenvalue weighted by atomic mass is 9.97. The van der Waals surface area contributed by atoms with Crippen molar-refractivity contribution in [3.63, 3.8) is 0 Å². The van der Waals surface area contributed by atoms with E-state index in [1.807, 2.05) is 13.8 Å². The number of rotatable bonds is 7. The molecule has 2 aromatic heterocycles. The van der Waals surface area contributed by atoms with Crippen molar-refractivity contribution in [1.29, 1.82) is 0 Å². The standard InChI is InChI=1S/C17H25N5O3/c1-3-23-11(2)15-18-14(24-20-15)10-22-8-4-5-13(9-22)16-19-17(25-21-16)12-6-7-12/h11-13H,3-10H2,1-2H3. The second kappa shape index (κ2) is 7.21. The second-order valence-electron chi connectivity index (χ2n) is 6.98. The van der Waals surface area contributed by atoms with Crippen LogP contribution in [0.5, 0.6) is 0 Å². The molecule has 0 radical (unpaired) electrons. The van der Waals surface area contributed by atoms with Crippen LogP contribution in [0.25, 0.3) is 0 Å². The van der Waals surface area contributed by atoms with Gasteiger partial charge in [-0.05, 0) is 46.1 Å². The fraction of sp³-hybridized carbons (Fsp3) is 0.765. The van der Waals surface area contributed by atoms with Gasteiger partial charge in [-0.2, -0.15) is 9.97 Å². The van der Waals surface area contributed by atoms with E-state index < -0.39 is 0 Å². The van der Waals surface area contributed by atoms with Gasteiger partial charge in [0.2, 0.25) is 11.8 Å². The van der Waals surface area contributed by atoms with Crippen molar-refractivity contribution in [2.75, 3.05) is 19.7 Å². The Kier molecular flexibility index (Phi) is 4.80. The Hall–Kier alpha value is -1.80. The lowest BCUT2D eigenvalue weighted by Gasteiger charge is -2.29. The van der Waals surface area contributed by atoms with E-state index in [0.29, 0.717) is 36.7 Å². The van der Waals surface area contributed by atoms with Gasteiger partial charge in [-0.3, -0.25) is 4.90 Å². The van der Waals surface area contributed by atoms with Crippen LogP contribution in [0.2, 0.25) is 0 Å². The molecule has 0 N–H and O–H groups in total. The Bertz CT molecular complexity index is 696. The quantitative estimate of drug-likeness (QED) is 0.755. The number of piperidine rings is 1. The maximum Gasteiger partial charge on any atom is 0.240 e. The molecule has 0 aromatic carbocycles. The number of nitrogens with zero attached hydrogens (tertiary/aromatic N) is 5. The first-order valence-electron chi connectivity index (χ1n) is 9.23. The summed E-state index contributed by atoms with van der Waals surface area (Å²) in [6.45, 7) is 7.08. The Morgan fingerprint density at radius 1 is 1.16 bits per heavy atom. The highest BCUT2D eigenvalue weighted by Gasteiger charge is 2.32. The molecule has 1 saturated heterocycles. The normalized spacial score (nSPS) is 23.0. The summed E-state index contributed by atoms with van der Waals surface area (Å²) in [4.78, 5) is 11.4. The first-order chi connectivity index (χ1) is 12.2. The first kappa shape index (κ1) is 16.7. The summed E-state index contributed by atoms with van der Waals surface area (Å²) in [6.07, 6.45) is 4.41. The third-order valence-electron chi connectivity index (χ3n) is 4.88. The van der Waals surface area contributed by atoms with E-state index in [-0.39, 0.29) is 6.10 Å². The van der Waals surface area contributed by atoms with Crippen molar-refractivity contribution >= 4 is 0 Å². The average Bonchev–Trinajstić information content (AvgIpc) is 3.16. The molecule has 2 atom stereocenters. The van der Waals surface area contributed by atoms with Crippen LogP contribution in [-0.2, 0) is 11.3 Å². The fourth-order valence-electron chi connectivity index (χ4n) is 3.33. The average molecular weight is 347 g/mol. The zero-order valence-electron chi connectivity index (χ0n) is 14.8. The van der Waals surface area contributed by atoms with E-state index in [0.717, 1.165) is 37.6 Å². The molecule has 2 aliphatic rings. The minimum absolute atomic E-state index is 0.142. The van der Waals surface area contributed by atoms with Crippen molar-refractivity contribution < 1.29 is 13.8 Å². The highest BCUT2D eigenvalue weighted by molar-refractivity contribution is 5.05. The van der Waals surface area contributed by atoms with Crippen LogP contribution in [0, 0.1) is 0 Å². The number of ether oxygens (including phenoxy) is 1. The molecule has 1 aliphatic carbocycles. The molecule has 0 spiro atoms. The fourth-order valence-corrected chi connectivity index (χ4v) is 3.33. The summed E-state index contributed by atoms with van der Waals surface area (Å²) in [5.74, 6) is 3.73. The third kappa shape index (κ3) is 3.90. The minimum Gasteiger partial charge on any atom is -0.371 e. The van der Waals surface area contributed by atoms with Crippen LogP contribution in [0.3, 0.4) is 0 Å². The summed E-state index contributed by atoms with van der Waals surface area (Å²) in [6, 6.07) is 0. The van der Waals surface area contributed by atoms with E-state index in [4.69, 9.17) is 13.8 Å². The summed E-state index contributed by atoms with van der Waals surface area (Å²) in [5.41, 5.74) is 0. The molecular formula is C17H25N5O3. The van der Waals surface area contributed by atoms with Crippen LogP contribution < -0.4 is 0 Å². The molecule has 2 unspecified atom stereocenters. The van der Waals surface area contributed by atoms with Gasteiger partial charge in [-0.1, -0.05) is 10.3 Å². The molecule has 0 bridgehead atoms. The SMILES string of the molecule is CCOC(C)c1noc(CN2CCCC(c3noc(C4CC4)n3)C2)n1. The largest absolute Gasteiger partial charge is 0.371 e. The number of hydrogen-bond acceptors (Lipinski definition) is 8. The summed E-state index contributed by atoms with van der Waals surface area (Å²) in [7, 11) is 0. The molecule has 136 valence electrons. The van der Waals surface area contributed by atoms with Crippen LogP contribution in [-0.4, -0.2) is 44.9 Å². The summed E-state index contributed by atoms with van der Waals surface area (Å²) in [5, 5.41) is 8.24. The predicted molar refractivity (Wildman–Crippen MR) is 87.9 cm³/mol. The van der Waals surface area contributed by atoms with Gasteiger partial charge in [0.05, 0.1) is 6.54 Å². The van der Waals surface area contributed by atoms with E-state index >= 15 is 0 Å². The molecule has 4 rings (SSSR count). The molecule has 2 aromatic rings. The van der Waals surface area contributed by atoms with Gasteiger partial charge in [0.15, 0.2) is 11.6 Å². The molecule has 25 heavy (non-hydrogen) atoms. The molecule has 0 amide bonds. The van der Waals surface area contributed by atoms with Crippen molar-refractivity contribution in [1.82, 2.24) is 25.2 Å². The van der Waals surface area contributed by atoms with E-state index in [2.05, 4.69) is 25.2 Å². The molecule has 1 saturated carbocycles. The Labute approximate surface area is 146 Å². The van der Waals surface area contributed by atoms with Crippen LogP contribution in [0.15, 0.2) is 9.05 Å². The smallest absolute Gasteiger partial charge is 0.240 e. The van der Waals surface area contributed by atoms with Gasteiger partial charge in [-0.15, -0.1) is 0 Å². The predicted octanol–water partition coefficient (Wildman–Crippen LogP) is 2.81. The summed E-state index contributed by atoms with van der Waals surface area (Å²) >= 11 is 0. The Morgan fingerprint density at radius 3 is 2.84 bits per heavy atom. The van der Waals surface area contributed by atoms with Crippen molar-refractivity contribution in [2.24, 2.45) is 0 Å². The molecule has 8 nitrogen and oxygen atoms in total. The van der Waals surface area contributed by atoms with Crippen molar-refractivity contribution in [3.8, 4) is 0 Å². The third-order valence-corrected chi connectivity index (χ3v) is 4.88. The number of aromatic nitrogens is 4. The maximum absolute atomic E-state index is 5.51. The zero-order valence-corrected chi connectivity index (χ0v) is 14.8. The van der Waals surface area contributed by atoms with Gasteiger partial charge in [-0.25, -0.2) is 0 Å². The van der Waals surface area contributed by atoms with Gasteiger partial charge in [0, 0.05) is 25.0 Å². The Balaban J connectivity index is 1.36. The van der Waals surface area contributed by atoms with Gasteiger partial charge >= 0.3 is 0 Å². The van der Waals surface area contributed by atoms with E-state index in [9.17, 15) is 0 Å². The molecule has 2 fully saturated rings. The van der Waals surface area contributed by atoms with Crippen LogP contribution >= 0.6 is 0 Å². The maximum atomic E-state index is 5.51. The van der Waals surface area contributed by atoms with Crippen LogP contribution in [0.1, 0.15) is 80.9 Å². The highest BCUT2D eigenvalue weighted by atomic mass is 16.5. The van der Waals surface area contributed by atoms with Crippen molar-refractivity contribution in [3.05, 3.63) is 23.4 Å². The molecular weight excluding hydrogens is 322 g/mol. The summed E-state index contributed by atoms with van der Waals surface area (Å²) < 4.78 is 16.3. The topological polar surface area (TPSA) is 90.3 Å². The number of hydrogen-bond donors (Lipinski definition) is 0. The van der Waals surface area contributed by atoms with Crippen molar-refractivity contribution in [2.45, 2.75) is 64.0 Å². The van der Waals surface area contributed by atoms with Gasteiger partial charge in [0.25, 0.3) is 0 Å². The minimum atomic E-state index is -0.142. The van der Waals surface area contributed by atoms with Gasteiger partial charge < -0.3 is 13.8 Å². The number of likely N-dealkylation sites (tertiary alicyclic amines) is 1. The molecule has 8 heteroatoms. The van der Waals surface area contributed by atoms with Gasteiger partial charge in [0.1, 0.15) is 6.10 Å². The Morgan fingerprint density at radius 2 is 2.04 bits per heavy atom. The molecule has 3 heterocycles. The molecule has 1 aliphatic heterocycles. The van der Waals surface area contributed by atoms with Crippen LogP contribution in [0.4, 0.5) is 0 Å². The lowest BCUT2D eigenvalue weighted by molar-refractivity contribution is 0.0683. The zero-order chi connectivity index (χ0) is 17.2. The highest BCUT2D eigenvalue weighted by Crippen LogP contribution is 2.39. The van der Waals surface area contributed by atoms with E-state index in [1.165, 1.54) is 12.8 Å². The lowest BCUT2D eigenvalue weighted by Crippen LogP contribution is -2.34. The van der Waals surface area contributed by atoms with E-state index in [1.54, 1.807) is 0 Å². The monoisotopic (exact) mass is 347 g/mol. The second-order valence-corrected chi connectivity index (χ2v) is 6.98.